The first kappa shape index (κ1) is 20.8. The van der Waals surface area contributed by atoms with Crippen molar-refractivity contribution in [2.24, 2.45) is 4.99 Å². The summed E-state index contributed by atoms with van der Waals surface area (Å²) in [7, 11) is 2.05. The second-order valence-corrected chi connectivity index (χ2v) is 10.6. The molecule has 3 heterocycles. The first-order valence-electron chi connectivity index (χ1n) is 11.4. The number of aliphatic imine (C=N–C) groups is 1. The Morgan fingerprint density at radius 3 is 2.70 bits per heavy atom. The van der Waals surface area contributed by atoms with Crippen LogP contribution >= 0.6 is 23.5 Å². The van der Waals surface area contributed by atoms with Crippen LogP contribution in [0.2, 0.25) is 0 Å². The number of carbonyl (C=O) groups excluding carboxylic acids is 1. The number of amides is 1. The maximum atomic E-state index is 13.8. The average molecular weight is 473 g/mol. The van der Waals surface area contributed by atoms with Crippen LogP contribution in [0.1, 0.15) is 32.1 Å². The van der Waals surface area contributed by atoms with Crippen molar-refractivity contribution in [2.75, 3.05) is 11.9 Å². The first-order chi connectivity index (χ1) is 16.2. The Morgan fingerprint density at radius 1 is 1.00 bits per heavy atom. The van der Waals surface area contributed by atoms with Gasteiger partial charge in [-0.2, -0.15) is 0 Å². The number of hydrogen-bond donors (Lipinski definition) is 0. The van der Waals surface area contributed by atoms with Gasteiger partial charge in [-0.25, -0.2) is 4.99 Å². The third kappa shape index (κ3) is 3.73. The van der Waals surface area contributed by atoms with E-state index in [2.05, 4.69) is 28.1 Å². The first-order valence-corrected chi connectivity index (χ1v) is 13.0. The van der Waals surface area contributed by atoms with Crippen LogP contribution in [0.5, 0.6) is 0 Å². The summed E-state index contributed by atoms with van der Waals surface area (Å²) < 4.78 is 0. The smallest absolute Gasteiger partial charge is 0.269 e. The van der Waals surface area contributed by atoms with E-state index in [1.165, 1.54) is 35.9 Å². The van der Waals surface area contributed by atoms with Crippen molar-refractivity contribution in [1.82, 2.24) is 9.88 Å². The van der Waals surface area contributed by atoms with E-state index < -0.39 is 0 Å². The quantitative estimate of drug-likeness (QED) is 0.396. The second kappa shape index (κ2) is 8.54. The number of carbonyl (C=O) groups is 1. The van der Waals surface area contributed by atoms with Crippen molar-refractivity contribution in [3.05, 3.63) is 70.7 Å². The van der Waals surface area contributed by atoms with E-state index >= 15 is 0 Å². The summed E-state index contributed by atoms with van der Waals surface area (Å²) in [6, 6.07) is 18.6. The molecule has 2 fully saturated rings. The number of pyridine rings is 1. The van der Waals surface area contributed by atoms with Gasteiger partial charge in [0.1, 0.15) is 4.91 Å². The van der Waals surface area contributed by atoms with E-state index in [4.69, 9.17) is 4.99 Å². The number of fused-ring (bicyclic) bond motifs is 2. The Labute approximate surface area is 202 Å². The van der Waals surface area contributed by atoms with Gasteiger partial charge in [-0.05, 0) is 61.0 Å². The lowest BCUT2D eigenvalue weighted by Crippen LogP contribution is -2.40. The van der Waals surface area contributed by atoms with Crippen LogP contribution in [0.25, 0.3) is 10.9 Å². The van der Waals surface area contributed by atoms with Crippen LogP contribution < -0.4 is 4.90 Å². The summed E-state index contributed by atoms with van der Waals surface area (Å²) >= 11 is 3.20. The number of benzene rings is 2. The normalized spacial score (nSPS) is 22.6. The number of amidine groups is 1. The number of anilines is 1. The molecule has 0 radical (unpaired) electrons. The van der Waals surface area contributed by atoms with Crippen molar-refractivity contribution in [3.8, 4) is 0 Å². The standard InChI is InChI=1S/C26H24N4OS2/c1-29-21-11-5-6-12-22(21)32-25(29)23-24(31)30(19-9-3-2-4-10-19)26(33-23)28-18-13-14-20-17(16-18)8-7-15-27-20/h5-8,11-16,19H,2-4,9-10H2,1H3/b25-23-,28-26?. The third-order valence-corrected chi connectivity index (χ3v) is 8.90. The van der Waals surface area contributed by atoms with Gasteiger partial charge < -0.3 is 4.90 Å². The van der Waals surface area contributed by atoms with Gasteiger partial charge in [-0.1, -0.05) is 49.2 Å². The van der Waals surface area contributed by atoms with Gasteiger partial charge in [0.05, 0.1) is 21.9 Å². The van der Waals surface area contributed by atoms with Crippen LogP contribution in [0.3, 0.4) is 0 Å². The van der Waals surface area contributed by atoms with Gasteiger partial charge in [-0.15, -0.1) is 0 Å². The third-order valence-electron chi connectivity index (χ3n) is 6.50. The number of nitrogens with zero attached hydrogens (tertiary/aromatic N) is 4. The summed E-state index contributed by atoms with van der Waals surface area (Å²) in [6.45, 7) is 0. The Hall–Kier alpha value is -2.77. The zero-order chi connectivity index (χ0) is 22.4. The van der Waals surface area contributed by atoms with Gasteiger partial charge >= 0.3 is 0 Å². The molecule has 0 atom stereocenters. The predicted molar refractivity (Wildman–Crippen MR) is 138 cm³/mol. The molecule has 33 heavy (non-hydrogen) atoms. The van der Waals surface area contributed by atoms with Gasteiger partial charge in [0.15, 0.2) is 5.17 Å². The Morgan fingerprint density at radius 2 is 1.85 bits per heavy atom. The molecule has 0 unspecified atom stereocenters. The molecule has 2 aliphatic heterocycles. The highest BCUT2D eigenvalue weighted by Crippen LogP contribution is 2.50. The number of aromatic nitrogens is 1. The van der Waals surface area contributed by atoms with Crippen LogP contribution in [0.15, 0.2) is 80.6 Å². The molecule has 6 rings (SSSR count). The average Bonchev–Trinajstić information content (AvgIpc) is 3.35. The predicted octanol–water partition coefficient (Wildman–Crippen LogP) is 6.54. The minimum atomic E-state index is 0.0928. The van der Waals surface area contributed by atoms with Crippen molar-refractivity contribution in [3.63, 3.8) is 0 Å². The van der Waals surface area contributed by atoms with Crippen LogP contribution in [-0.4, -0.2) is 34.0 Å². The molecule has 3 aliphatic rings. The van der Waals surface area contributed by atoms with E-state index in [1.807, 2.05) is 48.3 Å². The summed E-state index contributed by atoms with van der Waals surface area (Å²) in [5.74, 6) is 0.0928. The Bertz CT molecular complexity index is 1310. The molecule has 1 saturated heterocycles. The lowest BCUT2D eigenvalue weighted by Gasteiger charge is -2.30. The van der Waals surface area contributed by atoms with Gasteiger partial charge in [0.25, 0.3) is 5.91 Å². The molecule has 0 spiro atoms. The highest BCUT2D eigenvalue weighted by atomic mass is 32.2. The highest BCUT2D eigenvalue weighted by Gasteiger charge is 2.42. The van der Waals surface area contributed by atoms with Gasteiger partial charge in [-0.3, -0.25) is 14.7 Å². The zero-order valence-electron chi connectivity index (χ0n) is 18.4. The van der Waals surface area contributed by atoms with E-state index in [-0.39, 0.29) is 11.9 Å². The summed E-state index contributed by atoms with van der Waals surface area (Å²) in [5, 5.41) is 2.85. The second-order valence-electron chi connectivity index (χ2n) is 8.61. The van der Waals surface area contributed by atoms with Crippen molar-refractivity contribution >= 4 is 56.9 Å². The van der Waals surface area contributed by atoms with Crippen LogP contribution in [0, 0.1) is 0 Å². The van der Waals surface area contributed by atoms with Gasteiger partial charge in [0, 0.05) is 29.6 Å². The summed E-state index contributed by atoms with van der Waals surface area (Å²) in [4.78, 5) is 29.3. The Kier molecular flexibility index (Phi) is 5.38. The van der Waals surface area contributed by atoms with Crippen LogP contribution in [0.4, 0.5) is 11.4 Å². The molecular weight excluding hydrogens is 448 g/mol. The molecule has 0 N–H and O–H groups in total. The molecule has 3 aromatic rings. The molecular formula is C26H24N4OS2. The van der Waals surface area contributed by atoms with Crippen molar-refractivity contribution in [2.45, 2.75) is 43.0 Å². The lowest BCUT2D eigenvalue weighted by molar-refractivity contribution is -0.124. The number of hydrogen-bond acceptors (Lipinski definition) is 6. The molecule has 7 heteroatoms. The maximum absolute atomic E-state index is 13.8. The van der Waals surface area contributed by atoms with E-state index in [9.17, 15) is 4.79 Å². The minimum Gasteiger partial charge on any atom is -0.337 e. The van der Waals surface area contributed by atoms with E-state index in [1.54, 1.807) is 18.0 Å². The van der Waals surface area contributed by atoms with E-state index in [0.29, 0.717) is 0 Å². The molecule has 166 valence electrons. The molecule has 0 bridgehead atoms. The van der Waals surface area contributed by atoms with Crippen molar-refractivity contribution < 1.29 is 4.79 Å². The fraction of sp³-hybridized carbons (Fsp3) is 0.269. The fourth-order valence-corrected chi connectivity index (χ4v) is 7.20. The summed E-state index contributed by atoms with van der Waals surface area (Å²) in [5.41, 5.74) is 2.95. The molecule has 1 aliphatic carbocycles. The molecule has 2 aromatic carbocycles. The lowest BCUT2D eigenvalue weighted by atomic mass is 9.94. The molecule has 1 aromatic heterocycles. The summed E-state index contributed by atoms with van der Waals surface area (Å²) in [6.07, 6.45) is 7.46. The minimum absolute atomic E-state index is 0.0928. The number of para-hydroxylation sites is 1. The molecule has 5 nitrogen and oxygen atoms in total. The largest absolute Gasteiger partial charge is 0.337 e. The SMILES string of the molecule is CN1/C(=C2/SC(=Nc3ccc4ncccc4c3)N(C3CCCCC3)C2=O)Sc2ccccc21. The van der Waals surface area contributed by atoms with Crippen LogP contribution in [-0.2, 0) is 4.79 Å². The highest BCUT2D eigenvalue weighted by molar-refractivity contribution is 8.19. The number of thioether (sulfide) groups is 2. The topological polar surface area (TPSA) is 48.8 Å². The maximum Gasteiger partial charge on any atom is 0.269 e. The fourth-order valence-electron chi connectivity index (χ4n) is 4.80. The van der Waals surface area contributed by atoms with E-state index in [0.717, 1.165) is 50.2 Å². The molecule has 1 saturated carbocycles. The monoisotopic (exact) mass is 472 g/mol. The zero-order valence-corrected chi connectivity index (χ0v) is 20.0. The Balaban J connectivity index is 1.42. The molecule has 1 amide bonds. The van der Waals surface area contributed by atoms with Crippen molar-refractivity contribution in [1.29, 1.82) is 0 Å². The van der Waals surface area contributed by atoms with Gasteiger partial charge in [0.2, 0.25) is 0 Å². The number of rotatable bonds is 2.